The second kappa shape index (κ2) is 5.09. The number of anilines is 1. The Morgan fingerprint density at radius 3 is 2.47 bits per heavy atom. The number of halogens is 1. The summed E-state index contributed by atoms with van der Waals surface area (Å²) >= 11 is 0. The van der Waals surface area contributed by atoms with Gasteiger partial charge in [-0.1, -0.05) is 12.1 Å². The molecule has 1 heterocycles. The molecule has 0 aromatic heterocycles. The lowest BCUT2D eigenvalue weighted by Crippen LogP contribution is -2.42. The zero-order chi connectivity index (χ0) is 10.5. The molecule has 15 heavy (non-hydrogen) atoms. The molecule has 1 aliphatic heterocycles. The SMILES string of the molecule is FNc1ccc(CN2CCNCC2)cc1. The van der Waals surface area contributed by atoms with Crippen LogP contribution < -0.4 is 10.9 Å². The average molecular weight is 209 g/mol. The molecule has 82 valence electrons. The maximum Gasteiger partial charge on any atom is 0.0655 e. The molecule has 0 atom stereocenters. The van der Waals surface area contributed by atoms with Gasteiger partial charge in [0.2, 0.25) is 0 Å². The maximum atomic E-state index is 12.0. The Balaban J connectivity index is 1.91. The van der Waals surface area contributed by atoms with Crippen LogP contribution >= 0.6 is 0 Å². The van der Waals surface area contributed by atoms with E-state index in [0.717, 1.165) is 32.7 Å². The molecule has 1 aromatic rings. The summed E-state index contributed by atoms with van der Waals surface area (Å²) in [5, 5.41) is 3.32. The standard InChI is InChI=1S/C11H16FN3/c12-14-11-3-1-10(2-4-11)9-15-7-5-13-6-8-15/h1-4,13-14H,5-9H2. The van der Waals surface area contributed by atoms with Crippen molar-refractivity contribution in [3.63, 3.8) is 0 Å². The van der Waals surface area contributed by atoms with Crippen molar-refractivity contribution in [2.24, 2.45) is 0 Å². The number of nitrogens with one attached hydrogen (secondary N) is 2. The number of nitrogens with zero attached hydrogens (tertiary/aromatic N) is 1. The predicted molar refractivity (Wildman–Crippen MR) is 59.3 cm³/mol. The fourth-order valence-corrected chi connectivity index (χ4v) is 1.80. The van der Waals surface area contributed by atoms with Crippen molar-refractivity contribution in [2.75, 3.05) is 31.7 Å². The quantitative estimate of drug-likeness (QED) is 0.737. The minimum absolute atomic E-state index is 0.513. The van der Waals surface area contributed by atoms with Gasteiger partial charge >= 0.3 is 0 Å². The van der Waals surface area contributed by atoms with E-state index < -0.39 is 0 Å². The summed E-state index contributed by atoms with van der Waals surface area (Å²) in [6.07, 6.45) is 0. The molecule has 4 heteroatoms. The van der Waals surface area contributed by atoms with Crippen LogP contribution in [0.25, 0.3) is 0 Å². The Labute approximate surface area is 89.2 Å². The topological polar surface area (TPSA) is 27.3 Å². The molecule has 0 amide bonds. The van der Waals surface area contributed by atoms with Crippen molar-refractivity contribution in [1.82, 2.24) is 10.2 Å². The van der Waals surface area contributed by atoms with E-state index in [-0.39, 0.29) is 0 Å². The third-order valence-electron chi connectivity index (χ3n) is 2.68. The van der Waals surface area contributed by atoms with Crippen LogP contribution in [0.2, 0.25) is 0 Å². The lowest BCUT2D eigenvalue weighted by atomic mass is 10.2. The fraction of sp³-hybridized carbons (Fsp3) is 0.455. The highest BCUT2D eigenvalue weighted by Crippen LogP contribution is 2.11. The molecular weight excluding hydrogens is 193 g/mol. The van der Waals surface area contributed by atoms with Crippen LogP contribution in [0.5, 0.6) is 0 Å². The van der Waals surface area contributed by atoms with Crippen LogP contribution in [-0.4, -0.2) is 31.1 Å². The molecule has 1 aromatic carbocycles. The summed E-state index contributed by atoms with van der Waals surface area (Å²) in [5.41, 5.74) is 3.38. The summed E-state index contributed by atoms with van der Waals surface area (Å²) in [7, 11) is 0. The summed E-state index contributed by atoms with van der Waals surface area (Å²) < 4.78 is 12.0. The number of piperazine rings is 1. The highest BCUT2D eigenvalue weighted by atomic mass is 19.2. The van der Waals surface area contributed by atoms with Crippen LogP contribution in [0.15, 0.2) is 24.3 Å². The molecule has 1 aliphatic rings. The van der Waals surface area contributed by atoms with Crippen molar-refractivity contribution in [3.05, 3.63) is 29.8 Å². The number of hydrogen-bond donors (Lipinski definition) is 2. The van der Waals surface area contributed by atoms with Gasteiger partial charge in [-0.2, -0.15) is 0 Å². The van der Waals surface area contributed by atoms with Gasteiger partial charge in [-0.25, -0.2) is 5.54 Å². The Bertz CT molecular complexity index is 293. The van der Waals surface area contributed by atoms with E-state index in [1.54, 1.807) is 17.7 Å². The monoisotopic (exact) mass is 209 g/mol. The molecule has 2 N–H and O–H groups in total. The minimum atomic E-state index is 0.513. The summed E-state index contributed by atoms with van der Waals surface area (Å²) in [6.45, 7) is 5.24. The molecule has 0 spiro atoms. The number of benzene rings is 1. The van der Waals surface area contributed by atoms with Gasteiger partial charge in [0.05, 0.1) is 5.69 Å². The fourth-order valence-electron chi connectivity index (χ4n) is 1.80. The van der Waals surface area contributed by atoms with E-state index in [2.05, 4.69) is 10.2 Å². The van der Waals surface area contributed by atoms with Crippen molar-refractivity contribution < 1.29 is 4.48 Å². The van der Waals surface area contributed by atoms with E-state index in [0.29, 0.717) is 5.69 Å². The second-order valence-corrected chi connectivity index (χ2v) is 3.82. The van der Waals surface area contributed by atoms with Gasteiger partial charge < -0.3 is 5.32 Å². The number of hydrogen-bond acceptors (Lipinski definition) is 3. The van der Waals surface area contributed by atoms with Crippen molar-refractivity contribution in [3.8, 4) is 0 Å². The van der Waals surface area contributed by atoms with Gasteiger partial charge in [0.15, 0.2) is 0 Å². The third kappa shape index (κ3) is 2.91. The van der Waals surface area contributed by atoms with Crippen molar-refractivity contribution in [1.29, 1.82) is 0 Å². The smallest absolute Gasteiger partial charge is 0.0655 e. The van der Waals surface area contributed by atoms with Crippen LogP contribution in [0.1, 0.15) is 5.56 Å². The molecule has 2 rings (SSSR count). The molecule has 0 bridgehead atoms. The Morgan fingerprint density at radius 2 is 1.87 bits per heavy atom. The Morgan fingerprint density at radius 1 is 1.20 bits per heavy atom. The molecule has 3 nitrogen and oxygen atoms in total. The van der Waals surface area contributed by atoms with Gasteiger partial charge in [-0.05, 0) is 17.7 Å². The lowest BCUT2D eigenvalue weighted by Gasteiger charge is -2.27. The van der Waals surface area contributed by atoms with Gasteiger partial charge in [-0.15, -0.1) is 4.48 Å². The molecule has 1 saturated heterocycles. The average Bonchev–Trinajstić information content (AvgIpc) is 2.31. The van der Waals surface area contributed by atoms with Crippen molar-refractivity contribution in [2.45, 2.75) is 6.54 Å². The van der Waals surface area contributed by atoms with Crippen LogP contribution in [0, 0.1) is 0 Å². The Hall–Kier alpha value is -1.13. The van der Waals surface area contributed by atoms with Gasteiger partial charge in [0.1, 0.15) is 0 Å². The first-order valence-electron chi connectivity index (χ1n) is 5.27. The van der Waals surface area contributed by atoms with E-state index in [4.69, 9.17) is 0 Å². The van der Waals surface area contributed by atoms with Crippen LogP contribution in [0.3, 0.4) is 0 Å². The molecular formula is C11H16FN3. The predicted octanol–water partition coefficient (Wildman–Crippen LogP) is 1.39. The van der Waals surface area contributed by atoms with Gasteiger partial charge in [0, 0.05) is 32.7 Å². The van der Waals surface area contributed by atoms with Crippen LogP contribution in [0.4, 0.5) is 10.2 Å². The van der Waals surface area contributed by atoms with E-state index in [1.165, 1.54) is 5.56 Å². The largest absolute Gasteiger partial charge is 0.314 e. The number of rotatable bonds is 3. The highest BCUT2D eigenvalue weighted by Gasteiger charge is 2.09. The normalized spacial score (nSPS) is 17.7. The highest BCUT2D eigenvalue weighted by molar-refractivity contribution is 5.42. The van der Waals surface area contributed by atoms with Crippen LogP contribution in [-0.2, 0) is 6.54 Å². The second-order valence-electron chi connectivity index (χ2n) is 3.82. The lowest BCUT2D eigenvalue weighted by molar-refractivity contribution is 0.233. The summed E-state index contributed by atoms with van der Waals surface area (Å²) in [5.74, 6) is 0. The summed E-state index contributed by atoms with van der Waals surface area (Å²) in [4.78, 5) is 2.40. The zero-order valence-electron chi connectivity index (χ0n) is 8.67. The first-order chi connectivity index (χ1) is 7.38. The summed E-state index contributed by atoms with van der Waals surface area (Å²) in [6, 6.07) is 7.45. The molecule has 1 fully saturated rings. The molecule has 0 unspecified atom stereocenters. The molecule has 0 aliphatic carbocycles. The van der Waals surface area contributed by atoms with Crippen molar-refractivity contribution >= 4 is 5.69 Å². The maximum absolute atomic E-state index is 12.0. The minimum Gasteiger partial charge on any atom is -0.314 e. The molecule has 0 radical (unpaired) electrons. The zero-order valence-corrected chi connectivity index (χ0v) is 8.67. The van der Waals surface area contributed by atoms with Gasteiger partial charge in [0.25, 0.3) is 0 Å². The Kier molecular flexibility index (Phi) is 3.53. The van der Waals surface area contributed by atoms with Gasteiger partial charge in [-0.3, -0.25) is 4.90 Å². The van der Waals surface area contributed by atoms with E-state index in [9.17, 15) is 4.48 Å². The first kappa shape index (κ1) is 10.4. The van der Waals surface area contributed by atoms with E-state index >= 15 is 0 Å². The first-order valence-corrected chi connectivity index (χ1v) is 5.27. The molecule has 0 saturated carbocycles. The third-order valence-corrected chi connectivity index (χ3v) is 2.68. The van der Waals surface area contributed by atoms with E-state index in [1.807, 2.05) is 12.1 Å².